The Morgan fingerprint density at radius 3 is 2.62 bits per heavy atom. The predicted octanol–water partition coefficient (Wildman–Crippen LogP) is 3.44. The van der Waals surface area contributed by atoms with Gasteiger partial charge < -0.3 is 9.72 Å². The molecular weight excluding hydrogens is 326 g/mol. The third-order valence-electron chi connectivity index (χ3n) is 4.32. The highest BCUT2D eigenvalue weighted by atomic mass is 16.1. The fourth-order valence-electron chi connectivity index (χ4n) is 2.92. The second-order valence-electron chi connectivity index (χ2n) is 6.27. The summed E-state index contributed by atoms with van der Waals surface area (Å²) in [6.45, 7) is 0.618. The maximum atomic E-state index is 12.0. The number of nitrogens with zero attached hydrogens (tertiary/aromatic N) is 2. The minimum Gasteiger partial charge on any atom is -0.356 e. The topological polar surface area (TPSA) is 63.5 Å². The summed E-state index contributed by atoms with van der Waals surface area (Å²) in [5.74, 6) is 1.09. The van der Waals surface area contributed by atoms with Gasteiger partial charge in [-0.05, 0) is 25.0 Å². The van der Waals surface area contributed by atoms with Crippen LogP contribution in [-0.4, -0.2) is 27.6 Å². The van der Waals surface area contributed by atoms with Crippen LogP contribution in [0.1, 0.15) is 41.9 Å². The number of rotatable bonds is 9. The zero-order valence-electron chi connectivity index (χ0n) is 14.7. The molecule has 0 aliphatic heterocycles. The molecule has 0 atom stereocenters. The number of pyridine rings is 1. The van der Waals surface area contributed by atoms with Crippen molar-refractivity contribution in [1.82, 2.24) is 14.7 Å². The van der Waals surface area contributed by atoms with Gasteiger partial charge in [0.1, 0.15) is 5.82 Å². The molecule has 0 aliphatic carbocycles. The van der Waals surface area contributed by atoms with Crippen LogP contribution in [0.15, 0.2) is 60.9 Å². The molecule has 26 heavy (non-hydrogen) atoms. The highest BCUT2D eigenvalue weighted by Gasteiger charge is 2.07. The predicted molar refractivity (Wildman–Crippen MR) is 101 cm³/mol. The van der Waals surface area contributed by atoms with Crippen LogP contribution < -0.4 is 5.32 Å². The van der Waals surface area contributed by atoms with E-state index in [9.17, 15) is 9.59 Å². The van der Waals surface area contributed by atoms with E-state index < -0.39 is 0 Å². The zero-order valence-corrected chi connectivity index (χ0v) is 14.7. The molecule has 134 valence electrons. The summed E-state index contributed by atoms with van der Waals surface area (Å²) in [6.07, 6.45) is 6.86. The lowest BCUT2D eigenvalue weighted by Crippen LogP contribution is -2.24. The molecule has 2 aromatic heterocycles. The summed E-state index contributed by atoms with van der Waals surface area (Å²) in [5, 5.41) is 2.92. The number of aryl methyl sites for hydroxylation is 1. The quantitative estimate of drug-likeness (QED) is 0.475. The molecular formula is C21H23N3O2. The second-order valence-corrected chi connectivity index (χ2v) is 6.27. The van der Waals surface area contributed by atoms with Crippen LogP contribution >= 0.6 is 0 Å². The van der Waals surface area contributed by atoms with E-state index in [2.05, 4.69) is 14.7 Å². The van der Waals surface area contributed by atoms with E-state index in [0.717, 1.165) is 24.2 Å². The average Bonchev–Trinajstić information content (AvgIpc) is 3.09. The maximum absolute atomic E-state index is 12.0. The fourth-order valence-corrected chi connectivity index (χ4v) is 2.92. The molecule has 0 spiro atoms. The SMILES string of the molecule is O=C(CCCC(=O)c1ccccc1)NCCCc1ncc2ccccn12. The van der Waals surface area contributed by atoms with Crippen LogP contribution in [0.4, 0.5) is 0 Å². The Bertz CT molecular complexity index is 871. The fraction of sp³-hybridized carbons (Fsp3) is 0.286. The Labute approximate surface area is 153 Å². The largest absolute Gasteiger partial charge is 0.356 e. The van der Waals surface area contributed by atoms with Crippen molar-refractivity contribution in [2.75, 3.05) is 6.54 Å². The minimum absolute atomic E-state index is 0.00108. The number of hydrogen-bond donors (Lipinski definition) is 1. The number of hydrogen-bond acceptors (Lipinski definition) is 3. The molecule has 5 nitrogen and oxygen atoms in total. The summed E-state index contributed by atoms with van der Waals surface area (Å²) in [6, 6.07) is 15.2. The molecule has 3 rings (SSSR count). The first-order valence-electron chi connectivity index (χ1n) is 9.00. The lowest BCUT2D eigenvalue weighted by molar-refractivity contribution is -0.121. The summed E-state index contributed by atoms with van der Waals surface area (Å²) in [7, 11) is 0. The Kier molecular flexibility index (Phi) is 6.14. The van der Waals surface area contributed by atoms with Crippen molar-refractivity contribution < 1.29 is 9.59 Å². The van der Waals surface area contributed by atoms with Crippen LogP contribution in [0.5, 0.6) is 0 Å². The van der Waals surface area contributed by atoms with Gasteiger partial charge in [0.05, 0.1) is 11.7 Å². The summed E-state index contributed by atoms with van der Waals surface area (Å²) in [4.78, 5) is 28.3. The van der Waals surface area contributed by atoms with Crippen LogP contribution in [0, 0.1) is 0 Å². The average molecular weight is 349 g/mol. The summed E-state index contributed by atoms with van der Waals surface area (Å²) in [5.41, 5.74) is 1.79. The van der Waals surface area contributed by atoms with Gasteiger partial charge in [-0.25, -0.2) is 4.98 Å². The van der Waals surface area contributed by atoms with Gasteiger partial charge in [0.2, 0.25) is 5.91 Å². The van der Waals surface area contributed by atoms with Crippen molar-refractivity contribution in [2.45, 2.75) is 32.1 Å². The molecule has 3 aromatic rings. The normalized spacial score (nSPS) is 10.8. The number of benzene rings is 1. The van der Waals surface area contributed by atoms with Gasteiger partial charge in [-0.1, -0.05) is 36.4 Å². The molecule has 2 heterocycles. The molecule has 0 fully saturated rings. The van der Waals surface area contributed by atoms with Gasteiger partial charge in [0, 0.05) is 37.6 Å². The number of aromatic nitrogens is 2. The lowest BCUT2D eigenvalue weighted by Gasteiger charge is -2.05. The number of nitrogens with one attached hydrogen (secondary N) is 1. The molecule has 1 aromatic carbocycles. The van der Waals surface area contributed by atoms with Crippen LogP contribution in [0.2, 0.25) is 0 Å². The van der Waals surface area contributed by atoms with Gasteiger partial charge in [0.15, 0.2) is 5.78 Å². The van der Waals surface area contributed by atoms with Crippen LogP contribution in [0.3, 0.4) is 0 Å². The standard InChI is InChI=1S/C21H23N3O2/c25-19(17-8-2-1-3-9-17)11-6-13-21(26)22-14-7-12-20-23-16-18-10-4-5-15-24(18)20/h1-5,8-10,15-16H,6-7,11-14H2,(H,22,26). The smallest absolute Gasteiger partial charge is 0.220 e. The van der Waals surface area contributed by atoms with Gasteiger partial charge in [-0.3, -0.25) is 9.59 Å². The van der Waals surface area contributed by atoms with Crippen molar-refractivity contribution in [2.24, 2.45) is 0 Å². The number of carbonyl (C=O) groups excluding carboxylic acids is 2. The highest BCUT2D eigenvalue weighted by Crippen LogP contribution is 2.08. The molecule has 0 unspecified atom stereocenters. The Hall–Kier alpha value is -2.95. The molecule has 5 heteroatoms. The van der Waals surface area contributed by atoms with E-state index in [1.165, 1.54) is 0 Å². The maximum Gasteiger partial charge on any atom is 0.220 e. The molecule has 0 bridgehead atoms. The molecule has 0 aliphatic rings. The van der Waals surface area contributed by atoms with Crippen molar-refractivity contribution in [3.05, 3.63) is 72.3 Å². The van der Waals surface area contributed by atoms with Crippen molar-refractivity contribution >= 4 is 17.2 Å². The van der Waals surface area contributed by atoms with Crippen molar-refractivity contribution in [3.8, 4) is 0 Å². The van der Waals surface area contributed by atoms with E-state index in [1.807, 2.05) is 60.9 Å². The molecule has 1 N–H and O–H groups in total. The van der Waals surface area contributed by atoms with Crippen LogP contribution in [0.25, 0.3) is 5.52 Å². The van der Waals surface area contributed by atoms with Gasteiger partial charge in [-0.15, -0.1) is 0 Å². The monoisotopic (exact) mass is 349 g/mol. The molecule has 0 radical (unpaired) electrons. The first kappa shape index (κ1) is 17.9. The van der Waals surface area contributed by atoms with Gasteiger partial charge in [0.25, 0.3) is 0 Å². The Morgan fingerprint density at radius 2 is 1.77 bits per heavy atom. The first-order valence-corrected chi connectivity index (χ1v) is 9.00. The second kappa shape index (κ2) is 8.94. The van der Waals surface area contributed by atoms with E-state index in [4.69, 9.17) is 0 Å². The van der Waals surface area contributed by atoms with E-state index in [0.29, 0.717) is 31.4 Å². The summed E-state index contributed by atoms with van der Waals surface area (Å²) >= 11 is 0. The van der Waals surface area contributed by atoms with E-state index in [-0.39, 0.29) is 11.7 Å². The summed E-state index contributed by atoms with van der Waals surface area (Å²) < 4.78 is 2.07. The zero-order chi connectivity index (χ0) is 18.2. The highest BCUT2D eigenvalue weighted by molar-refractivity contribution is 5.96. The number of ketones is 1. The molecule has 0 saturated carbocycles. The first-order chi connectivity index (χ1) is 12.7. The van der Waals surface area contributed by atoms with Crippen LogP contribution in [-0.2, 0) is 11.2 Å². The number of amides is 1. The van der Waals surface area contributed by atoms with Gasteiger partial charge >= 0.3 is 0 Å². The minimum atomic E-state index is -0.00108. The number of fused-ring (bicyclic) bond motifs is 1. The molecule has 1 amide bonds. The number of Topliss-reactive ketones (excluding diaryl/α,β-unsaturated/α-hetero) is 1. The van der Waals surface area contributed by atoms with Gasteiger partial charge in [-0.2, -0.15) is 0 Å². The van der Waals surface area contributed by atoms with E-state index >= 15 is 0 Å². The molecule has 0 saturated heterocycles. The van der Waals surface area contributed by atoms with Crippen molar-refractivity contribution in [1.29, 1.82) is 0 Å². The van der Waals surface area contributed by atoms with E-state index in [1.54, 1.807) is 0 Å². The Morgan fingerprint density at radius 1 is 0.962 bits per heavy atom. The third-order valence-corrected chi connectivity index (χ3v) is 4.32. The lowest BCUT2D eigenvalue weighted by atomic mass is 10.1. The number of carbonyl (C=O) groups is 2. The third kappa shape index (κ3) is 4.79. The Balaban J connectivity index is 1.32. The number of imidazole rings is 1. The van der Waals surface area contributed by atoms with Crippen molar-refractivity contribution in [3.63, 3.8) is 0 Å².